The van der Waals surface area contributed by atoms with Crippen LogP contribution < -0.4 is 10.1 Å². The van der Waals surface area contributed by atoms with Gasteiger partial charge in [-0.15, -0.1) is 0 Å². The van der Waals surface area contributed by atoms with Gasteiger partial charge in [-0.2, -0.15) is 4.31 Å². The van der Waals surface area contributed by atoms with E-state index in [9.17, 15) is 27.5 Å². The van der Waals surface area contributed by atoms with Crippen LogP contribution in [0.2, 0.25) is 0 Å². The SMILES string of the molecule is C[C@@H]1CN([C@@H](C)CO)C(=O)c2cccc(NC(=O)c3ccncc3)c2O[C@H]1CN(C)S(=O)(=O)c1ccc(F)cc1. The van der Waals surface area contributed by atoms with E-state index in [-0.39, 0.29) is 47.5 Å². The maximum atomic E-state index is 13.6. The molecule has 12 heteroatoms. The van der Waals surface area contributed by atoms with Gasteiger partial charge < -0.3 is 20.1 Å². The van der Waals surface area contributed by atoms with E-state index in [1.54, 1.807) is 37.3 Å². The van der Waals surface area contributed by atoms with Gasteiger partial charge in [-0.3, -0.25) is 14.6 Å². The summed E-state index contributed by atoms with van der Waals surface area (Å²) in [6.45, 7) is 3.32. The average molecular weight is 571 g/mol. The summed E-state index contributed by atoms with van der Waals surface area (Å²) in [4.78, 5) is 31.9. The minimum absolute atomic E-state index is 0.0775. The molecule has 0 fully saturated rings. The quantitative estimate of drug-likeness (QED) is 0.426. The van der Waals surface area contributed by atoms with Gasteiger partial charge in [0.15, 0.2) is 5.75 Å². The molecule has 212 valence electrons. The molecule has 10 nitrogen and oxygen atoms in total. The van der Waals surface area contributed by atoms with Crippen molar-refractivity contribution in [3.05, 3.63) is 83.9 Å². The number of sulfonamides is 1. The molecule has 1 aromatic heterocycles. The summed E-state index contributed by atoms with van der Waals surface area (Å²) in [5.41, 5.74) is 0.733. The summed E-state index contributed by atoms with van der Waals surface area (Å²) in [6.07, 6.45) is 2.20. The molecule has 0 saturated carbocycles. The molecule has 2 aromatic carbocycles. The van der Waals surface area contributed by atoms with Crippen molar-refractivity contribution in [2.24, 2.45) is 5.92 Å². The number of anilines is 1. The predicted molar refractivity (Wildman–Crippen MR) is 146 cm³/mol. The third-order valence-electron chi connectivity index (χ3n) is 6.84. The molecule has 0 unspecified atom stereocenters. The van der Waals surface area contributed by atoms with Crippen LogP contribution in [0.3, 0.4) is 0 Å². The fourth-order valence-electron chi connectivity index (χ4n) is 4.40. The lowest BCUT2D eigenvalue weighted by molar-refractivity contribution is 0.0388. The Morgan fingerprint density at radius 2 is 1.88 bits per heavy atom. The number of fused-ring (bicyclic) bond motifs is 1. The predicted octanol–water partition coefficient (Wildman–Crippen LogP) is 3.01. The first-order valence-corrected chi connectivity index (χ1v) is 14.1. The molecule has 3 aromatic rings. The van der Waals surface area contributed by atoms with E-state index < -0.39 is 39.8 Å². The van der Waals surface area contributed by atoms with Crippen LogP contribution in [0.15, 0.2) is 71.9 Å². The Kier molecular flexibility index (Phi) is 8.82. The van der Waals surface area contributed by atoms with E-state index in [2.05, 4.69) is 10.3 Å². The Morgan fingerprint density at radius 1 is 1.20 bits per heavy atom. The summed E-state index contributed by atoms with van der Waals surface area (Å²) in [6, 6.07) is 11.8. The number of nitrogens with one attached hydrogen (secondary N) is 1. The first-order valence-electron chi connectivity index (χ1n) is 12.7. The van der Waals surface area contributed by atoms with Crippen molar-refractivity contribution in [1.82, 2.24) is 14.2 Å². The van der Waals surface area contributed by atoms with E-state index in [4.69, 9.17) is 4.74 Å². The smallest absolute Gasteiger partial charge is 0.258 e. The lowest BCUT2D eigenvalue weighted by Crippen LogP contribution is -2.50. The number of benzene rings is 2. The summed E-state index contributed by atoms with van der Waals surface area (Å²) in [7, 11) is -2.60. The van der Waals surface area contributed by atoms with Gasteiger partial charge in [0.1, 0.15) is 11.9 Å². The lowest BCUT2D eigenvalue weighted by Gasteiger charge is -2.38. The van der Waals surface area contributed by atoms with Crippen molar-refractivity contribution in [3.63, 3.8) is 0 Å². The van der Waals surface area contributed by atoms with Gasteiger partial charge in [-0.05, 0) is 55.5 Å². The van der Waals surface area contributed by atoms with Gasteiger partial charge in [-0.1, -0.05) is 13.0 Å². The zero-order valence-corrected chi connectivity index (χ0v) is 23.1. The highest BCUT2D eigenvalue weighted by Gasteiger charge is 2.36. The van der Waals surface area contributed by atoms with Gasteiger partial charge >= 0.3 is 0 Å². The van der Waals surface area contributed by atoms with Crippen LogP contribution in [0.5, 0.6) is 5.75 Å². The first kappa shape index (κ1) is 29.1. The molecule has 3 atom stereocenters. The Morgan fingerprint density at radius 3 is 2.52 bits per heavy atom. The number of halogens is 1. The summed E-state index contributed by atoms with van der Waals surface area (Å²) < 4.78 is 47.4. The molecular weight excluding hydrogens is 539 g/mol. The molecule has 2 amide bonds. The van der Waals surface area contributed by atoms with E-state index in [1.165, 1.54) is 36.5 Å². The number of aliphatic hydroxyl groups excluding tert-OH is 1. The maximum absolute atomic E-state index is 13.6. The van der Waals surface area contributed by atoms with Crippen molar-refractivity contribution >= 4 is 27.5 Å². The molecule has 0 aliphatic carbocycles. The standard InChI is InChI=1S/C28H31FN4O6S/c1-18-15-33(19(2)17-34)28(36)23-5-4-6-24(31-27(35)20-11-13-30-14-12-20)26(23)39-25(18)16-32(3)40(37,38)22-9-7-21(29)8-10-22/h4-14,18-19,25,34H,15-17H2,1-3H3,(H,31,35)/t18-,19+,25+/m1/s1. The highest BCUT2D eigenvalue weighted by molar-refractivity contribution is 7.89. The van der Waals surface area contributed by atoms with Gasteiger partial charge in [-0.25, -0.2) is 12.8 Å². The summed E-state index contributed by atoms with van der Waals surface area (Å²) >= 11 is 0. The number of carbonyl (C=O) groups excluding carboxylic acids is 2. The highest BCUT2D eigenvalue weighted by atomic mass is 32.2. The number of ether oxygens (including phenoxy) is 1. The Balaban J connectivity index is 1.72. The van der Waals surface area contributed by atoms with Crippen molar-refractivity contribution in [2.45, 2.75) is 30.9 Å². The van der Waals surface area contributed by atoms with Gasteiger partial charge in [0, 0.05) is 37.5 Å². The molecule has 40 heavy (non-hydrogen) atoms. The second-order valence-electron chi connectivity index (χ2n) is 9.73. The highest BCUT2D eigenvalue weighted by Crippen LogP contribution is 2.35. The van der Waals surface area contributed by atoms with Crippen LogP contribution >= 0.6 is 0 Å². The minimum Gasteiger partial charge on any atom is -0.486 e. The molecule has 1 aliphatic rings. The molecule has 0 bridgehead atoms. The molecule has 0 saturated heterocycles. The van der Waals surface area contributed by atoms with E-state index in [0.717, 1.165) is 16.4 Å². The third-order valence-corrected chi connectivity index (χ3v) is 8.68. The first-order chi connectivity index (χ1) is 19.0. The van der Waals surface area contributed by atoms with Crippen LogP contribution in [-0.4, -0.2) is 78.4 Å². The topological polar surface area (TPSA) is 129 Å². The van der Waals surface area contributed by atoms with Crippen molar-refractivity contribution in [2.75, 3.05) is 32.1 Å². The van der Waals surface area contributed by atoms with Crippen molar-refractivity contribution in [3.8, 4) is 5.75 Å². The number of pyridine rings is 1. The molecule has 0 spiro atoms. The lowest BCUT2D eigenvalue weighted by atomic mass is 9.99. The largest absolute Gasteiger partial charge is 0.486 e. The van der Waals surface area contributed by atoms with E-state index >= 15 is 0 Å². The number of rotatable bonds is 8. The Hall–Kier alpha value is -3.87. The number of nitrogens with zero attached hydrogens (tertiary/aromatic N) is 3. The fourth-order valence-corrected chi connectivity index (χ4v) is 5.58. The summed E-state index contributed by atoms with van der Waals surface area (Å²) in [5, 5.41) is 12.6. The number of likely N-dealkylation sites (N-methyl/N-ethyl adjacent to an activating group) is 1. The minimum atomic E-state index is -4.00. The molecular formula is C28H31FN4O6S. The molecule has 0 radical (unpaired) electrons. The average Bonchev–Trinajstić information content (AvgIpc) is 2.95. The van der Waals surface area contributed by atoms with Gasteiger partial charge in [0.05, 0.1) is 35.3 Å². The zero-order chi connectivity index (χ0) is 29.0. The maximum Gasteiger partial charge on any atom is 0.258 e. The Bertz CT molecular complexity index is 1470. The normalized spacial score (nSPS) is 18.4. The number of hydrogen-bond acceptors (Lipinski definition) is 7. The number of amides is 2. The number of aliphatic hydroxyl groups is 1. The van der Waals surface area contributed by atoms with Crippen LogP contribution in [0.1, 0.15) is 34.6 Å². The number of para-hydroxylation sites is 1. The van der Waals surface area contributed by atoms with Crippen molar-refractivity contribution < 1.29 is 32.2 Å². The Labute approximate surface area is 232 Å². The van der Waals surface area contributed by atoms with Crippen molar-refractivity contribution in [1.29, 1.82) is 0 Å². The molecule has 2 N–H and O–H groups in total. The van der Waals surface area contributed by atoms with E-state index in [1.807, 2.05) is 6.92 Å². The van der Waals surface area contributed by atoms with Crippen LogP contribution in [0.4, 0.5) is 10.1 Å². The van der Waals surface area contributed by atoms with Crippen LogP contribution in [0.25, 0.3) is 0 Å². The molecule has 1 aliphatic heterocycles. The van der Waals surface area contributed by atoms with E-state index in [0.29, 0.717) is 5.56 Å². The molecule has 2 heterocycles. The second kappa shape index (κ2) is 12.1. The second-order valence-corrected chi connectivity index (χ2v) is 11.8. The fraction of sp³-hybridized carbons (Fsp3) is 0.321. The number of hydrogen-bond donors (Lipinski definition) is 2. The van der Waals surface area contributed by atoms with Crippen LogP contribution in [-0.2, 0) is 10.0 Å². The number of carbonyl (C=O) groups is 2. The monoisotopic (exact) mass is 570 g/mol. The third kappa shape index (κ3) is 6.14. The zero-order valence-electron chi connectivity index (χ0n) is 22.3. The van der Waals surface area contributed by atoms with Gasteiger partial charge in [0.25, 0.3) is 11.8 Å². The summed E-state index contributed by atoms with van der Waals surface area (Å²) in [5.74, 6) is -1.70. The molecule has 4 rings (SSSR count). The number of aromatic nitrogens is 1. The van der Waals surface area contributed by atoms with Crippen LogP contribution in [0, 0.1) is 11.7 Å². The van der Waals surface area contributed by atoms with Gasteiger partial charge in [0.2, 0.25) is 10.0 Å².